The molecular weight excluding hydrogens is 564 g/mol. The van der Waals surface area contributed by atoms with E-state index in [-0.39, 0.29) is 29.5 Å². The molecule has 0 atom stereocenters. The van der Waals surface area contributed by atoms with E-state index in [0.29, 0.717) is 13.0 Å². The molecule has 1 aromatic heterocycles. The summed E-state index contributed by atoms with van der Waals surface area (Å²) in [7, 11) is 1.44. The zero-order chi connectivity index (χ0) is 32.0. The van der Waals surface area contributed by atoms with E-state index in [1.54, 1.807) is 0 Å². The number of nitrogens with two attached hydrogens (primary N) is 1. The van der Waals surface area contributed by atoms with Crippen molar-refractivity contribution in [3.8, 4) is 11.1 Å². The van der Waals surface area contributed by atoms with Crippen LogP contribution in [-0.2, 0) is 16.1 Å². The summed E-state index contributed by atoms with van der Waals surface area (Å²) in [6.45, 7) is 10.0. The molecule has 3 aromatic rings. The van der Waals surface area contributed by atoms with Gasteiger partial charge in [-0.2, -0.15) is 0 Å². The maximum Gasteiger partial charge on any atom is 0.410 e. The quantitative estimate of drug-likeness (QED) is 0.308. The van der Waals surface area contributed by atoms with E-state index in [0.717, 1.165) is 85.7 Å². The first kappa shape index (κ1) is 32.3. The molecule has 2 aliphatic rings. The number of amides is 2. The van der Waals surface area contributed by atoms with E-state index in [1.165, 1.54) is 7.11 Å². The lowest BCUT2D eigenvalue weighted by atomic mass is 9.90. The van der Waals surface area contributed by atoms with Crippen LogP contribution in [0.1, 0.15) is 58.4 Å². The summed E-state index contributed by atoms with van der Waals surface area (Å²) < 4.78 is 5.17. The third kappa shape index (κ3) is 8.54. The number of benzene rings is 2. The molecule has 240 valence electrons. The minimum atomic E-state index is -0.308. The van der Waals surface area contributed by atoms with Crippen LogP contribution in [0.4, 0.5) is 22.0 Å². The fraction of sp³-hybridized carbons (Fsp3) is 0.472. The first-order valence-corrected chi connectivity index (χ1v) is 16.1. The first-order chi connectivity index (χ1) is 21.6. The highest BCUT2D eigenvalue weighted by Gasteiger charge is 2.29. The van der Waals surface area contributed by atoms with Gasteiger partial charge >= 0.3 is 6.09 Å². The standard InChI is InChI=1S/C36H48N6O3/c1-36(2,3)24-34(43)39-31-23-28(11-16-32(31)40-18-20-41(21-19-40)33-10-5-6-17-38-33)27-9-7-8-26(22-27)25-42(35(44)45-4)30-14-12-29(37)13-15-30/h5-11,16-17,22-23,29-30H,12-15,18-21,24-25,37H2,1-4H3,(H,39,43). The summed E-state index contributed by atoms with van der Waals surface area (Å²) in [6.07, 6.45) is 5.53. The average Bonchev–Trinajstić information content (AvgIpc) is 3.03. The Kier molecular flexibility index (Phi) is 10.3. The van der Waals surface area contributed by atoms with Crippen molar-refractivity contribution < 1.29 is 14.3 Å². The number of pyridine rings is 1. The number of nitrogens with zero attached hydrogens (tertiary/aromatic N) is 4. The minimum Gasteiger partial charge on any atom is -0.453 e. The second-order valence-electron chi connectivity index (χ2n) is 13.5. The third-order valence-corrected chi connectivity index (χ3v) is 8.76. The highest BCUT2D eigenvalue weighted by Crippen LogP contribution is 2.34. The number of piperazine rings is 1. The highest BCUT2D eigenvalue weighted by molar-refractivity contribution is 5.96. The predicted octanol–water partition coefficient (Wildman–Crippen LogP) is 6.29. The van der Waals surface area contributed by atoms with E-state index in [2.05, 4.69) is 77.3 Å². The van der Waals surface area contributed by atoms with Gasteiger partial charge in [-0.1, -0.05) is 51.1 Å². The molecule has 0 radical (unpaired) electrons. The first-order valence-electron chi connectivity index (χ1n) is 16.1. The molecule has 2 aromatic carbocycles. The Bertz CT molecular complexity index is 1440. The van der Waals surface area contributed by atoms with E-state index >= 15 is 0 Å². The average molecular weight is 613 g/mol. The van der Waals surface area contributed by atoms with Crippen molar-refractivity contribution in [3.63, 3.8) is 0 Å². The minimum absolute atomic E-state index is 0.00249. The summed E-state index contributed by atoms with van der Waals surface area (Å²) in [4.78, 5) is 37.0. The molecule has 0 spiro atoms. The number of nitrogens with one attached hydrogen (secondary N) is 1. The summed E-state index contributed by atoms with van der Waals surface area (Å²) in [6, 6.07) is 20.9. The number of ether oxygens (including phenoxy) is 1. The van der Waals surface area contributed by atoms with Crippen LogP contribution < -0.4 is 20.9 Å². The van der Waals surface area contributed by atoms with Crippen molar-refractivity contribution in [1.29, 1.82) is 0 Å². The Morgan fingerprint density at radius 1 is 0.933 bits per heavy atom. The van der Waals surface area contributed by atoms with Crippen LogP contribution in [0, 0.1) is 5.41 Å². The van der Waals surface area contributed by atoms with Crippen LogP contribution in [0.15, 0.2) is 66.9 Å². The zero-order valence-electron chi connectivity index (χ0n) is 27.2. The molecule has 1 aliphatic carbocycles. The topological polar surface area (TPSA) is 104 Å². The molecule has 1 aliphatic heterocycles. The van der Waals surface area contributed by atoms with Crippen molar-refractivity contribution >= 4 is 29.2 Å². The molecule has 9 heteroatoms. The van der Waals surface area contributed by atoms with Gasteiger partial charge in [0.2, 0.25) is 5.91 Å². The Balaban J connectivity index is 1.38. The monoisotopic (exact) mass is 612 g/mol. The lowest BCUT2D eigenvalue weighted by molar-refractivity contribution is -0.117. The maximum atomic E-state index is 13.2. The summed E-state index contributed by atoms with van der Waals surface area (Å²) in [5, 5.41) is 3.25. The van der Waals surface area contributed by atoms with Crippen molar-refractivity contribution in [2.75, 3.05) is 48.4 Å². The van der Waals surface area contributed by atoms with Crippen LogP contribution >= 0.6 is 0 Å². The van der Waals surface area contributed by atoms with E-state index in [9.17, 15) is 9.59 Å². The predicted molar refractivity (Wildman–Crippen MR) is 181 cm³/mol. The second-order valence-corrected chi connectivity index (χ2v) is 13.5. The molecule has 2 amide bonds. The molecule has 45 heavy (non-hydrogen) atoms. The smallest absolute Gasteiger partial charge is 0.410 e. The number of rotatable bonds is 8. The Morgan fingerprint density at radius 2 is 1.64 bits per heavy atom. The third-order valence-electron chi connectivity index (χ3n) is 8.76. The van der Waals surface area contributed by atoms with Gasteiger partial charge in [-0.3, -0.25) is 4.79 Å². The van der Waals surface area contributed by atoms with Crippen molar-refractivity contribution in [1.82, 2.24) is 9.88 Å². The molecule has 1 saturated heterocycles. The van der Waals surface area contributed by atoms with Crippen LogP contribution in [0.2, 0.25) is 0 Å². The Morgan fingerprint density at radius 3 is 2.31 bits per heavy atom. The molecule has 2 heterocycles. The fourth-order valence-electron chi connectivity index (χ4n) is 6.40. The van der Waals surface area contributed by atoms with E-state index < -0.39 is 0 Å². The molecule has 9 nitrogen and oxygen atoms in total. The van der Waals surface area contributed by atoms with E-state index in [1.807, 2.05) is 35.4 Å². The molecule has 1 saturated carbocycles. The highest BCUT2D eigenvalue weighted by atomic mass is 16.5. The number of carbonyl (C=O) groups is 2. The van der Waals surface area contributed by atoms with Gasteiger partial charge in [0.1, 0.15) is 5.82 Å². The van der Waals surface area contributed by atoms with Crippen molar-refractivity contribution in [2.45, 2.75) is 71.5 Å². The molecule has 0 bridgehead atoms. The number of hydrogen-bond acceptors (Lipinski definition) is 7. The number of methoxy groups -OCH3 is 1. The maximum absolute atomic E-state index is 13.2. The Hall–Kier alpha value is -4.11. The Labute approximate surface area is 267 Å². The van der Waals surface area contributed by atoms with Crippen molar-refractivity contribution in [3.05, 3.63) is 72.4 Å². The van der Waals surface area contributed by atoms with Crippen LogP contribution in [0.3, 0.4) is 0 Å². The number of anilines is 3. The van der Waals surface area contributed by atoms with Crippen LogP contribution in [0.25, 0.3) is 11.1 Å². The zero-order valence-corrected chi connectivity index (χ0v) is 27.2. The summed E-state index contributed by atoms with van der Waals surface area (Å²) in [5.41, 5.74) is 10.9. The number of aromatic nitrogens is 1. The molecular formula is C36H48N6O3. The SMILES string of the molecule is COC(=O)N(Cc1cccc(-c2ccc(N3CCN(c4ccccn4)CC3)c(NC(=O)CC(C)(C)C)c2)c1)C1CCC(N)CC1. The normalized spacial score (nSPS) is 18.8. The largest absolute Gasteiger partial charge is 0.453 e. The molecule has 2 fully saturated rings. The van der Waals surface area contributed by atoms with Crippen molar-refractivity contribution in [2.24, 2.45) is 11.1 Å². The summed E-state index contributed by atoms with van der Waals surface area (Å²) >= 11 is 0. The lowest BCUT2D eigenvalue weighted by Gasteiger charge is -2.37. The van der Waals surface area contributed by atoms with Gasteiger partial charge in [0, 0.05) is 57.4 Å². The fourth-order valence-corrected chi connectivity index (χ4v) is 6.40. The van der Waals surface area contributed by atoms with E-state index in [4.69, 9.17) is 10.5 Å². The molecule has 3 N–H and O–H groups in total. The van der Waals surface area contributed by atoms with Gasteiger partial charge in [-0.25, -0.2) is 9.78 Å². The number of carbonyl (C=O) groups excluding carboxylic acids is 2. The van der Waals surface area contributed by atoms with Crippen LogP contribution in [-0.4, -0.2) is 67.3 Å². The van der Waals surface area contributed by atoms with Gasteiger partial charge in [0.05, 0.1) is 18.5 Å². The van der Waals surface area contributed by atoms with Gasteiger partial charge in [-0.05, 0) is 78.1 Å². The number of hydrogen-bond donors (Lipinski definition) is 2. The second kappa shape index (κ2) is 14.3. The van der Waals surface area contributed by atoms with Gasteiger partial charge in [0.25, 0.3) is 0 Å². The summed E-state index contributed by atoms with van der Waals surface area (Å²) in [5.74, 6) is 0.992. The lowest BCUT2D eigenvalue weighted by Crippen LogP contribution is -2.47. The molecule has 0 unspecified atom stereocenters. The van der Waals surface area contributed by atoms with Crippen LogP contribution in [0.5, 0.6) is 0 Å². The van der Waals surface area contributed by atoms with Gasteiger partial charge in [0.15, 0.2) is 0 Å². The molecule has 5 rings (SSSR count). The van der Waals surface area contributed by atoms with Gasteiger partial charge in [-0.15, -0.1) is 0 Å². The van der Waals surface area contributed by atoms with Gasteiger partial charge < -0.3 is 30.5 Å².